The fraction of sp³-hybridized carbons (Fsp3) is 0.533. The molecule has 0 radical (unpaired) electrons. The number of nitrogens with zero attached hydrogens (tertiary/aromatic N) is 1. The minimum Gasteiger partial charge on any atom is -0.496 e. The molecule has 1 aromatic carbocycles. The number of benzene rings is 1. The van der Waals surface area contributed by atoms with Crippen molar-refractivity contribution >= 4 is 21.8 Å². The zero-order valence-electron chi connectivity index (χ0n) is 11.9. The largest absolute Gasteiger partial charge is 0.496 e. The number of halogens is 1. The van der Waals surface area contributed by atoms with Crippen LogP contribution in [0.3, 0.4) is 0 Å². The van der Waals surface area contributed by atoms with E-state index in [-0.39, 0.29) is 12.0 Å². The molecule has 1 aromatic rings. The Hall–Kier alpha value is -1.07. The highest BCUT2D eigenvalue weighted by atomic mass is 79.9. The zero-order valence-corrected chi connectivity index (χ0v) is 13.5. The van der Waals surface area contributed by atoms with E-state index in [9.17, 15) is 4.79 Å². The van der Waals surface area contributed by atoms with E-state index in [0.29, 0.717) is 18.7 Å². The number of amides is 1. The molecule has 1 unspecified atom stereocenters. The quantitative estimate of drug-likeness (QED) is 0.825. The summed E-state index contributed by atoms with van der Waals surface area (Å²) < 4.78 is 11.6. The van der Waals surface area contributed by atoms with Crippen molar-refractivity contribution < 1.29 is 14.3 Å². The molecule has 0 N–H and O–H groups in total. The van der Waals surface area contributed by atoms with Gasteiger partial charge in [0.05, 0.1) is 17.7 Å². The molecular formula is C15H20BrNO3. The van der Waals surface area contributed by atoms with Crippen LogP contribution in [0, 0.1) is 0 Å². The molecule has 0 bridgehead atoms. The lowest BCUT2D eigenvalue weighted by molar-refractivity contribution is 0.0539. The van der Waals surface area contributed by atoms with E-state index in [4.69, 9.17) is 9.47 Å². The smallest absolute Gasteiger partial charge is 0.253 e. The zero-order chi connectivity index (χ0) is 14.5. The number of methoxy groups -OCH3 is 1. The second-order valence-electron chi connectivity index (χ2n) is 4.83. The van der Waals surface area contributed by atoms with Gasteiger partial charge in [0.1, 0.15) is 5.75 Å². The van der Waals surface area contributed by atoms with Gasteiger partial charge in [0.15, 0.2) is 0 Å². The van der Waals surface area contributed by atoms with Crippen LogP contribution in [0.1, 0.15) is 30.1 Å². The first-order valence-electron chi connectivity index (χ1n) is 6.90. The summed E-state index contributed by atoms with van der Waals surface area (Å²) in [5, 5.41) is 0. The van der Waals surface area contributed by atoms with Crippen LogP contribution >= 0.6 is 15.9 Å². The van der Waals surface area contributed by atoms with Gasteiger partial charge in [-0.2, -0.15) is 0 Å². The number of carbonyl (C=O) groups excluding carboxylic acids is 1. The molecule has 1 heterocycles. The third-order valence-electron chi connectivity index (χ3n) is 3.52. The van der Waals surface area contributed by atoms with Crippen molar-refractivity contribution in [1.29, 1.82) is 0 Å². The highest BCUT2D eigenvalue weighted by Crippen LogP contribution is 2.26. The van der Waals surface area contributed by atoms with Gasteiger partial charge in [0.2, 0.25) is 0 Å². The van der Waals surface area contributed by atoms with E-state index in [0.717, 1.165) is 29.7 Å². The van der Waals surface area contributed by atoms with Crippen LogP contribution in [0.5, 0.6) is 5.75 Å². The average molecular weight is 342 g/mol. The number of likely N-dealkylation sites (N-methyl/N-ethyl adjacent to an activating group) is 1. The minimum absolute atomic E-state index is 0.0337. The van der Waals surface area contributed by atoms with Crippen molar-refractivity contribution in [3.05, 3.63) is 28.2 Å². The normalized spacial score (nSPS) is 18.1. The topological polar surface area (TPSA) is 38.8 Å². The van der Waals surface area contributed by atoms with E-state index in [1.807, 2.05) is 11.8 Å². The molecule has 1 fully saturated rings. The molecule has 5 heteroatoms. The Labute approximate surface area is 128 Å². The standard InChI is InChI=1S/C15H20BrNO3/c1-3-17(10-12-5-4-8-20-12)15(18)11-6-7-14(19-2)13(16)9-11/h6-7,9,12H,3-5,8,10H2,1-2H3. The molecule has 110 valence electrons. The lowest BCUT2D eigenvalue weighted by Crippen LogP contribution is -2.37. The van der Waals surface area contributed by atoms with Crippen LogP contribution < -0.4 is 4.74 Å². The van der Waals surface area contributed by atoms with Crippen molar-refractivity contribution in [2.24, 2.45) is 0 Å². The van der Waals surface area contributed by atoms with Gasteiger partial charge in [-0.3, -0.25) is 4.79 Å². The number of hydrogen-bond acceptors (Lipinski definition) is 3. The molecule has 0 saturated carbocycles. The summed E-state index contributed by atoms with van der Waals surface area (Å²) in [5.74, 6) is 0.759. The SMILES string of the molecule is CCN(CC1CCCO1)C(=O)c1ccc(OC)c(Br)c1. The third-order valence-corrected chi connectivity index (χ3v) is 4.14. The van der Waals surface area contributed by atoms with Crippen LogP contribution in [-0.4, -0.2) is 43.7 Å². The Morgan fingerprint density at radius 3 is 2.90 bits per heavy atom. The van der Waals surface area contributed by atoms with Gasteiger partial charge in [-0.15, -0.1) is 0 Å². The van der Waals surface area contributed by atoms with Crippen molar-refractivity contribution in [3.8, 4) is 5.75 Å². The van der Waals surface area contributed by atoms with Gasteiger partial charge in [0, 0.05) is 25.3 Å². The maximum Gasteiger partial charge on any atom is 0.253 e. The number of hydrogen-bond donors (Lipinski definition) is 0. The van der Waals surface area contributed by atoms with Gasteiger partial charge >= 0.3 is 0 Å². The van der Waals surface area contributed by atoms with E-state index < -0.39 is 0 Å². The summed E-state index contributed by atoms with van der Waals surface area (Å²) in [6.07, 6.45) is 2.31. The minimum atomic E-state index is 0.0337. The van der Waals surface area contributed by atoms with Crippen LogP contribution in [0.25, 0.3) is 0 Å². The van der Waals surface area contributed by atoms with Gasteiger partial charge in [-0.05, 0) is 53.9 Å². The molecule has 1 saturated heterocycles. The fourth-order valence-corrected chi connectivity index (χ4v) is 2.91. The van der Waals surface area contributed by atoms with Crippen LogP contribution in [0.4, 0.5) is 0 Å². The highest BCUT2D eigenvalue weighted by molar-refractivity contribution is 9.10. The van der Waals surface area contributed by atoms with Gasteiger partial charge < -0.3 is 14.4 Å². The summed E-state index contributed by atoms with van der Waals surface area (Å²) >= 11 is 3.41. The molecule has 1 atom stereocenters. The molecular weight excluding hydrogens is 322 g/mol. The molecule has 0 aromatic heterocycles. The van der Waals surface area contributed by atoms with Gasteiger partial charge in [0.25, 0.3) is 5.91 Å². The Morgan fingerprint density at radius 1 is 1.55 bits per heavy atom. The number of rotatable bonds is 5. The molecule has 0 aliphatic carbocycles. The molecule has 0 spiro atoms. The molecule has 1 aliphatic rings. The molecule has 20 heavy (non-hydrogen) atoms. The summed E-state index contributed by atoms with van der Waals surface area (Å²) in [7, 11) is 1.61. The molecule has 4 nitrogen and oxygen atoms in total. The van der Waals surface area contributed by atoms with Crippen molar-refractivity contribution in [2.75, 3.05) is 26.8 Å². The summed E-state index contributed by atoms with van der Waals surface area (Å²) in [5.41, 5.74) is 0.664. The average Bonchev–Trinajstić information content (AvgIpc) is 2.97. The Kier molecular flexibility index (Phi) is 5.43. The fourth-order valence-electron chi connectivity index (χ4n) is 2.37. The molecule has 1 aliphatic heterocycles. The predicted octanol–water partition coefficient (Wildman–Crippen LogP) is 3.10. The predicted molar refractivity (Wildman–Crippen MR) is 81.2 cm³/mol. The van der Waals surface area contributed by atoms with Crippen LogP contribution in [0.15, 0.2) is 22.7 Å². The van der Waals surface area contributed by atoms with Crippen LogP contribution in [-0.2, 0) is 4.74 Å². The summed E-state index contributed by atoms with van der Waals surface area (Å²) in [6.45, 7) is 4.15. The maximum absolute atomic E-state index is 12.5. The molecule has 1 amide bonds. The van der Waals surface area contributed by atoms with Crippen molar-refractivity contribution in [1.82, 2.24) is 4.90 Å². The third kappa shape index (κ3) is 3.52. The van der Waals surface area contributed by atoms with E-state index in [2.05, 4.69) is 15.9 Å². The first-order valence-corrected chi connectivity index (χ1v) is 7.69. The second kappa shape index (κ2) is 7.09. The Balaban J connectivity index is 2.09. The maximum atomic E-state index is 12.5. The van der Waals surface area contributed by atoms with E-state index in [1.165, 1.54) is 0 Å². The van der Waals surface area contributed by atoms with Crippen molar-refractivity contribution in [3.63, 3.8) is 0 Å². The molecule has 2 rings (SSSR count). The summed E-state index contributed by atoms with van der Waals surface area (Å²) in [6, 6.07) is 5.40. The Morgan fingerprint density at radius 2 is 2.35 bits per heavy atom. The first kappa shape index (κ1) is 15.3. The van der Waals surface area contributed by atoms with Gasteiger partial charge in [-0.25, -0.2) is 0 Å². The monoisotopic (exact) mass is 341 g/mol. The number of carbonyl (C=O) groups is 1. The second-order valence-corrected chi connectivity index (χ2v) is 5.68. The summed E-state index contributed by atoms with van der Waals surface area (Å²) in [4.78, 5) is 14.4. The van der Waals surface area contributed by atoms with Crippen LogP contribution in [0.2, 0.25) is 0 Å². The van der Waals surface area contributed by atoms with E-state index in [1.54, 1.807) is 25.3 Å². The lowest BCUT2D eigenvalue weighted by Gasteiger charge is -2.24. The van der Waals surface area contributed by atoms with Gasteiger partial charge in [-0.1, -0.05) is 0 Å². The highest BCUT2D eigenvalue weighted by Gasteiger charge is 2.22. The Bertz CT molecular complexity index is 472. The first-order chi connectivity index (χ1) is 9.65. The number of ether oxygens (including phenoxy) is 2. The van der Waals surface area contributed by atoms with Crippen molar-refractivity contribution in [2.45, 2.75) is 25.9 Å². The lowest BCUT2D eigenvalue weighted by atomic mass is 10.1. The van der Waals surface area contributed by atoms with E-state index >= 15 is 0 Å².